The van der Waals surface area contributed by atoms with Crippen molar-refractivity contribution in [2.45, 2.75) is 39.5 Å². The lowest BCUT2D eigenvalue weighted by Crippen LogP contribution is -2.36. The highest BCUT2D eigenvalue weighted by Gasteiger charge is 2.47. The summed E-state index contributed by atoms with van der Waals surface area (Å²) in [5.74, 6) is -0.806. The van der Waals surface area contributed by atoms with E-state index in [2.05, 4.69) is 16.6 Å². The van der Waals surface area contributed by atoms with Crippen molar-refractivity contribution in [2.75, 3.05) is 6.61 Å². The number of carbonyl (C=O) groups is 2. The van der Waals surface area contributed by atoms with Gasteiger partial charge in [-0.15, -0.1) is 6.58 Å². The number of rotatable bonds is 5. The van der Waals surface area contributed by atoms with Gasteiger partial charge in [0, 0.05) is 6.92 Å². The Morgan fingerprint density at radius 1 is 1.56 bits per heavy atom. The smallest absolute Gasteiger partial charge is 0.331 e. The maximum Gasteiger partial charge on any atom is 0.331 e. The molecule has 5 nitrogen and oxygen atoms in total. The van der Waals surface area contributed by atoms with E-state index in [1.807, 2.05) is 0 Å². The van der Waals surface area contributed by atoms with Crippen LogP contribution in [0.1, 0.15) is 39.5 Å². The number of ether oxygens (including phenoxy) is 1. The van der Waals surface area contributed by atoms with Crippen LogP contribution >= 0.6 is 0 Å². The van der Waals surface area contributed by atoms with Crippen LogP contribution in [0.4, 0.5) is 0 Å². The first-order valence-electron chi connectivity index (χ1n) is 6.10. The number of nitrogens with zero attached hydrogens (tertiary/aromatic N) is 1. The number of hydrogen-bond acceptors (Lipinski definition) is 5. The fourth-order valence-corrected chi connectivity index (χ4v) is 2.23. The van der Waals surface area contributed by atoms with Crippen LogP contribution in [0.5, 0.6) is 0 Å². The molecule has 0 N–H and O–H groups in total. The van der Waals surface area contributed by atoms with E-state index >= 15 is 0 Å². The zero-order valence-corrected chi connectivity index (χ0v) is 10.9. The van der Waals surface area contributed by atoms with E-state index in [1.54, 1.807) is 13.0 Å². The fraction of sp³-hybridized carbons (Fsp3) is 0.615. The average molecular weight is 253 g/mol. The van der Waals surface area contributed by atoms with Gasteiger partial charge in [0.05, 0.1) is 12.3 Å². The zero-order valence-electron chi connectivity index (χ0n) is 10.9. The van der Waals surface area contributed by atoms with E-state index in [0.29, 0.717) is 31.6 Å². The SMILES string of the molecule is C=CC[C@]1(C(=O)OCC)CCC/C1=N\OC(C)=O. The summed E-state index contributed by atoms with van der Waals surface area (Å²) in [7, 11) is 0. The van der Waals surface area contributed by atoms with E-state index in [1.165, 1.54) is 6.92 Å². The van der Waals surface area contributed by atoms with Crippen LogP contribution in [0.2, 0.25) is 0 Å². The van der Waals surface area contributed by atoms with Gasteiger partial charge < -0.3 is 9.57 Å². The Balaban J connectivity index is 3.00. The maximum absolute atomic E-state index is 12.1. The molecule has 5 heteroatoms. The molecule has 1 saturated carbocycles. The zero-order chi connectivity index (χ0) is 13.6. The second-order valence-electron chi connectivity index (χ2n) is 4.27. The topological polar surface area (TPSA) is 65.0 Å². The van der Waals surface area contributed by atoms with Crippen molar-refractivity contribution in [1.82, 2.24) is 0 Å². The maximum atomic E-state index is 12.1. The predicted octanol–water partition coefficient (Wildman–Crippen LogP) is 2.21. The standard InChI is InChI=1S/C13H19NO4/c1-4-8-13(12(16)17-5-2)9-6-7-11(13)14-18-10(3)15/h4H,1,5-9H2,2-3H3/b14-11+/t13-/m0/s1. The molecule has 18 heavy (non-hydrogen) atoms. The van der Waals surface area contributed by atoms with E-state index < -0.39 is 11.4 Å². The van der Waals surface area contributed by atoms with Gasteiger partial charge in [0.15, 0.2) is 0 Å². The van der Waals surface area contributed by atoms with Gasteiger partial charge in [-0.3, -0.25) is 4.79 Å². The summed E-state index contributed by atoms with van der Waals surface area (Å²) >= 11 is 0. The Labute approximate surface area is 107 Å². The molecule has 100 valence electrons. The minimum atomic E-state index is -0.798. The molecule has 0 amide bonds. The monoisotopic (exact) mass is 253 g/mol. The van der Waals surface area contributed by atoms with Gasteiger partial charge in [0.25, 0.3) is 0 Å². The average Bonchev–Trinajstić information content (AvgIpc) is 2.71. The molecule has 1 aliphatic rings. The second-order valence-corrected chi connectivity index (χ2v) is 4.27. The lowest BCUT2D eigenvalue weighted by atomic mass is 9.81. The summed E-state index contributed by atoms with van der Waals surface area (Å²) in [6, 6.07) is 0. The highest BCUT2D eigenvalue weighted by molar-refractivity contribution is 6.08. The summed E-state index contributed by atoms with van der Waals surface area (Å²) < 4.78 is 5.11. The van der Waals surface area contributed by atoms with Crippen molar-refractivity contribution in [3.63, 3.8) is 0 Å². The molecule has 0 bridgehead atoms. The van der Waals surface area contributed by atoms with Gasteiger partial charge in [0.1, 0.15) is 5.41 Å². The summed E-state index contributed by atoms with van der Waals surface area (Å²) in [6.07, 6.45) is 4.24. The Hall–Kier alpha value is -1.65. The first kappa shape index (κ1) is 14.4. The van der Waals surface area contributed by atoms with Crippen molar-refractivity contribution >= 4 is 17.7 Å². The van der Waals surface area contributed by atoms with Crippen LogP contribution in [0.15, 0.2) is 17.8 Å². The first-order chi connectivity index (χ1) is 8.56. The highest BCUT2D eigenvalue weighted by Crippen LogP contribution is 2.40. The highest BCUT2D eigenvalue weighted by atomic mass is 16.7. The Bertz CT molecular complexity index is 375. The summed E-state index contributed by atoms with van der Waals surface area (Å²) in [5.41, 5.74) is -0.219. The van der Waals surface area contributed by atoms with E-state index in [9.17, 15) is 9.59 Å². The van der Waals surface area contributed by atoms with Crippen molar-refractivity contribution in [1.29, 1.82) is 0 Å². The summed E-state index contributed by atoms with van der Waals surface area (Å²) in [4.78, 5) is 27.6. The molecule has 0 aromatic rings. The third-order valence-corrected chi connectivity index (χ3v) is 3.01. The van der Waals surface area contributed by atoms with E-state index in [4.69, 9.17) is 4.74 Å². The van der Waals surface area contributed by atoms with Gasteiger partial charge in [0.2, 0.25) is 0 Å². The number of hydrogen-bond donors (Lipinski definition) is 0. The first-order valence-corrected chi connectivity index (χ1v) is 6.10. The molecular weight excluding hydrogens is 234 g/mol. The van der Waals surface area contributed by atoms with Crippen molar-refractivity contribution in [2.24, 2.45) is 10.6 Å². The lowest BCUT2D eigenvalue weighted by Gasteiger charge is -2.25. The number of allylic oxidation sites excluding steroid dienone is 1. The molecule has 0 aromatic carbocycles. The minimum absolute atomic E-state index is 0.312. The molecule has 1 atom stereocenters. The molecule has 1 fully saturated rings. The van der Waals surface area contributed by atoms with Gasteiger partial charge in [-0.1, -0.05) is 11.2 Å². The van der Waals surface area contributed by atoms with Crippen LogP contribution in [-0.2, 0) is 19.2 Å². The quantitative estimate of drug-likeness (QED) is 0.326. The normalized spacial score (nSPS) is 24.9. The van der Waals surface area contributed by atoms with Gasteiger partial charge in [-0.05, 0) is 32.6 Å². The summed E-state index contributed by atoms with van der Waals surface area (Å²) in [6.45, 7) is 7.03. The largest absolute Gasteiger partial charge is 0.465 e. The van der Waals surface area contributed by atoms with Crippen LogP contribution < -0.4 is 0 Å². The van der Waals surface area contributed by atoms with Gasteiger partial charge in [-0.25, -0.2) is 4.79 Å². The van der Waals surface area contributed by atoms with Crippen LogP contribution in [0.25, 0.3) is 0 Å². The molecule has 0 saturated heterocycles. The molecule has 0 unspecified atom stereocenters. The summed E-state index contributed by atoms with van der Waals surface area (Å²) in [5, 5.41) is 3.82. The fourth-order valence-electron chi connectivity index (χ4n) is 2.23. The Morgan fingerprint density at radius 3 is 2.83 bits per heavy atom. The Kier molecular flexibility index (Phi) is 5.07. The minimum Gasteiger partial charge on any atom is -0.465 e. The molecule has 1 rings (SSSR count). The van der Waals surface area contributed by atoms with Crippen LogP contribution in [0.3, 0.4) is 0 Å². The third kappa shape index (κ3) is 2.97. The third-order valence-electron chi connectivity index (χ3n) is 3.01. The van der Waals surface area contributed by atoms with E-state index in [-0.39, 0.29) is 5.97 Å². The van der Waals surface area contributed by atoms with E-state index in [0.717, 1.165) is 6.42 Å². The molecule has 0 heterocycles. The predicted molar refractivity (Wildman–Crippen MR) is 66.9 cm³/mol. The van der Waals surface area contributed by atoms with Crippen LogP contribution in [0, 0.1) is 5.41 Å². The lowest BCUT2D eigenvalue weighted by molar-refractivity contribution is -0.151. The van der Waals surface area contributed by atoms with Crippen molar-refractivity contribution in [3.8, 4) is 0 Å². The molecule has 0 aliphatic heterocycles. The van der Waals surface area contributed by atoms with Gasteiger partial charge >= 0.3 is 11.9 Å². The molecule has 0 aromatic heterocycles. The van der Waals surface area contributed by atoms with Gasteiger partial charge in [-0.2, -0.15) is 0 Å². The number of esters is 1. The Morgan fingerprint density at radius 2 is 2.28 bits per heavy atom. The molecule has 0 radical (unpaired) electrons. The molecule has 0 spiro atoms. The number of oxime groups is 1. The van der Waals surface area contributed by atoms with Crippen molar-refractivity contribution in [3.05, 3.63) is 12.7 Å². The van der Waals surface area contributed by atoms with Crippen LogP contribution in [-0.4, -0.2) is 24.3 Å². The van der Waals surface area contributed by atoms with Crippen molar-refractivity contribution < 1.29 is 19.2 Å². The second kappa shape index (κ2) is 6.33. The molecular formula is C13H19NO4. The molecule has 1 aliphatic carbocycles. The number of carbonyl (C=O) groups excluding carboxylic acids is 2.